The first-order valence-electron chi connectivity index (χ1n) is 11.3. The molecule has 0 saturated heterocycles. The number of aryl methyl sites for hydroxylation is 2. The van der Waals surface area contributed by atoms with Crippen LogP contribution in [0.3, 0.4) is 0 Å². The normalized spacial score (nSPS) is 10.9. The molecule has 0 aliphatic rings. The monoisotopic (exact) mass is 447 g/mol. The maximum Gasteiger partial charge on any atom is 0.257 e. The number of hydrogen-bond acceptors (Lipinski definition) is 4. The second-order valence-corrected chi connectivity index (χ2v) is 8.15. The fourth-order valence-corrected chi connectivity index (χ4v) is 3.90. The van der Waals surface area contributed by atoms with Gasteiger partial charge in [0.15, 0.2) is 5.82 Å². The summed E-state index contributed by atoms with van der Waals surface area (Å²) in [6, 6.07) is 27.4. The molecule has 3 aromatic carbocycles. The standard InChI is InChI=1S/C28H25N5O/c1-3-23-22(28(34)29-20-15-13-18(2)14-16-20)17-25(30-23)32-27-21-11-7-8-12-24(21)31-26(33-27)19-9-5-4-6-10-19/h4-17,30H,3H2,1-2H3,(H,29,34)(H,31,32,33). The van der Waals surface area contributed by atoms with Crippen LogP contribution in [0.15, 0.2) is 84.9 Å². The number of aromatic amines is 1. The maximum atomic E-state index is 13.0. The van der Waals surface area contributed by atoms with Gasteiger partial charge in [0.05, 0.1) is 11.1 Å². The lowest BCUT2D eigenvalue weighted by Crippen LogP contribution is -2.12. The van der Waals surface area contributed by atoms with Crippen molar-refractivity contribution < 1.29 is 4.79 Å². The number of nitrogens with zero attached hydrogens (tertiary/aromatic N) is 2. The van der Waals surface area contributed by atoms with Gasteiger partial charge in [-0.05, 0) is 43.7 Å². The summed E-state index contributed by atoms with van der Waals surface area (Å²) in [5, 5.41) is 7.28. The highest BCUT2D eigenvalue weighted by Gasteiger charge is 2.16. The summed E-state index contributed by atoms with van der Waals surface area (Å²) in [5.74, 6) is 1.87. The summed E-state index contributed by atoms with van der Waals surface area (Å²) in [7, 11) is 0. The number of benzene rings is 3. The van der Waals surface area contributed by atoms with Crippen LogP contribution in [0, 0.1) is 6.92 Å². The fourth-order valence-electron chi connectivity index (χ4n) is 3.90. The lowest BCUT2D eigenvalue weighted by molar-refractivity contribution is 0.102. The van der Waals surface area contributed by atoms with Crippen molar-refractivity contribution in [3.8, 4) is 11.4 Å². The number of hydrogen-bond donors (Lipinski definition) is 3. The largest absolute Gasteiger partial charge is 0.345 e. The van der Waals surface area contributed by atoms with Crippen LogP contribution in [-0.2, 0) is 6.42 Å². The lowest BCUT2D eigenvalue weighted by atomic mass is 10.1. The highest BCUT2D eigenvalue weighted by atomic mass is 16.1. The molecule has 0 atom stereocenters. The predicted molar refractivity (Wildman–Crippen MR) is 138 cm³/mol. The minimum absolute atomic E-state index is 0.150. The lowest BCUT2D eigenvalue weighted by Gasteiger charge is -2.10. The van der Waals surface area contributed by atoms with Crippen molar-refractivity contribution in [3.63, 3.8) is 0 Å². The molecule has 0 unspecified atom stereocenters. The van der Waals surface area contributed by atoms with Gasteiger partial charge in [-0.15, -0.1) is 0 Å². The van der Waals surface area contributed by atoms with Crippen LogP contribution in [0.4, 0.5) is 17.3 Å². The molecule has 0 fully saturated rings. The molecule has 3 N–H and O–H groups in total. The van der Waals surface area contributed by atoms with Crippen LogP contribution >= 0.6 is 0 Å². The molecule has 0 aliphatic heterocycles. The van der Waals surface area contributed by atoms with E-state index in [4.69, 9.17) is 9.97 Å². The molecule has 2 heterocycles. The number of nitrogens with one attached hydrogen (secondary N) is 3. The third-order valence-electron chi connectivity index (χ3n) is 5.70. The van der Waals surface area contributed by atoms with Crippen molar-refractivity contribution in [2.24, 2.45) is 0 Å². The van der Waals surface area contributed by atoms with E-state index in [-0.39, 0.29) is 5.91 Å². The second kappa shape index (κ2) is 9.19. The van der Waals surface area contributed by atoms with E-state index in [1.54, 1.807) is 0 Å². The van der Waals surface area contributed by atoms with Gasteiger partial charge in [0.1, 0.15) is 11.6 Å². The summed E-state index contributed by atoms with van der Waals surface area (Å²) < 4.78 is 0. The van der Waals surface area contributed by atoms with E-state index in [2.05, 4.69) is 15.6 Å². The third-order valence-corrected chi connectivity index (χ3v) is 5.70. The molecule has 0 radical (unpaired) electrons. The molecule has 0 saturated carbocycles. The number of aromatic nitrogens is 3. The number of carbonyl (C=O) groups excluding carboxylic acids is 1. The smallest absolute Gasteiger partial charge is 0.257 e. The van der Waals surface area contributed by atoms with E-state index in [9.17, 15) is 4.79 Å². The summed E-state index contributed by atoms with van der Waals surface area (Å²) in [5.41, 5.74) is 5.16. The zero-order valence-electron chi connectivity index (χ0n) is 19.1. The van der Waals surface area contributed by atoms with Gasteiger partial charge in [-0.2, -0.15) is 0 Å². The van der Waals surface area contributed by atoms with Gasteiger partial charge < -0.3 is 15.6 Å². The van der Waals surface area contributed by atoms with Gasteiger partial charge in [-0.3, -0.25) is 4.79 Å². The molecule has 0 aliphatic carbocycles. The molecular formula is C28H25N5O. The number of fused-ring (bicyclic) bond motifs is 1. The second-order valence-electron chi connectivity index (χ2n) is 8.15. The first-order chi connectivity index (χ1) is 16.6. The number of H-pyrrole nitrogens is 1. The molecule has 34 heavy (non-hydrogen) atoms. The van der Waals surface area contributed by atoms with E-state index < -0.39 is 0 Å². The quantitative estimate of drug-likeness (QED) is 0.278. The van der Waals surface area contributed by atoms with Crippen LogP contribution < -0.4 is 10.6 Å². The third kappa shape index (κ3) is 4.38. The fraction of sp³-hybridized carbons (Fsp3) is 0.107. The Morgan fingerprint density at radius 3 is 2.41 bits per heavy atom. The molecule has 5 rings (SSSR count). The van der Waals surface area contributed by atoms with Crippen LogP contribution in [0.5, 0.6) is 0 Å². The Bertz CT molecular complexity index is 1460. The summed E-state index contributed by atoms with van der Waals surface area (Å²) in [6.45, 7) is 4.04. The zero-order valence-corrected chi connectivity index (χ0v) is 19.1. The number of carbonyl (C=O) groups is 1. The highest BCUT2D eigenvalue weighted by Crippen LogP contribution is 2.28. The van der Waals surface area contributed by atoms with Crippen molar-refractivity contribution in [1.82, 2.24) is 15.0 Å². The SMILES string of the molecule is CCc1[nH]c(Nc2nc(-c3ccccc3)nc3ccccc23)cc1C(=O)Nc1ccc(C)cc1. The molecule has 0 bridgehead atoms. The van der Waals surface area contributed by atoms with E-state index in [1.807, 2.05) is 98.8 Å². The van der Waals surface area contributed by atoms with Crippen molar-refractivity contribution in [1.29, 1.82) is 0 Å². The molecular weight excluding hydrogens is 422 g/mol. The molecule has 1 amide bonds. The minimum Gasteiger partial charge on any atom is -0.345 e. The van der Waals surface area contributed by atoms with Crippen molar-refractivity contribution in [2.75, 3.05) is 10.6 Å². The van der Waals surface area contributed by atoms with Gasteiger partial charge >= 0.3 is 0 Å². The van der Waals surface area contributed by atoms with Gasteiger partial charge in [-0.25, -0.2) is 9.97 Å². The predicted octanol–water partition coefficient (Wildman–Crippen LogP) is 6.49. The average molecular weight is 448 g/mol. The Kier molecular flexibility index (Phi) is 5.79. The van der Waals surface area contributed by atoms with Crippen molar-refractivity contribution >= 4 is 34.1 Å². The molecule has 6 nitrogen and oxygen atoms in total. The zero-order chi connectivity index (χ0) is 23.5. The molecule has 2 aromatic heterocycles. The van der Waals surface area contributed by atoms with E-state index >= 15 is 0 Å². The van der Waals surface area contributed by atoms with Crippen molar-refractivity contribution in [2.45, 2.75) is 20.3 Å². The average Bonchev–Trinajstić information content (AvgIpc) is 3.29. The molecule has 6 heteroatoms. The molecule has 5 aromatic rings. The first kappa shape index (κ1) is 21.4. The van der Waals surface area contributed by atoms with E-state index in [0.717, 1.165) is 33.4 Å². The molecule has 168 valence electrons. The van der Waals surface area contributed by atoms with Crippen molar-refractivity contribution in [3.05, 3.63) is 102 Å². The maximum absolute atomic E-state index is 13.0. The van der Waals surface area contributed by atoms with E-state index in [0.29, 0.717) is 29.4 Å². The van der Waals surface area contributed by atoms with Crippen LogP contribution in [0.25, 0.3) is 22.3 Å². The Morgan fingerprint density at radius 2 is 1.65 bits per heavy atom. The molecule has 0 spiro atoms. The number of rotatable bonds is 6. The Morgan fingerprint density at radius 1 is 0.912 bits per heavy atom. The van der Waals surface area contributed by atoms with Crippen LogP contribution in [-0.4, -0.2) is 20.9 Å². The van der Waals surface area contributed by atoms with Gasteiger partial charge in [0.25, 0.3) is 5.91 Å². The number of amides is 1. The highest BCUT2D eigenvalue weighted by molar-refractivity contribution is 6.06. The summed E-state index contributed by atoms with van der Waals surface area (Å²) >= 11 is 0. The number of para-hydroxylation sites is 1. The van der Waals surface area contributed by atoms with Gasteiger partial charge in [0.2, 0.25) is 0 Å². The Hall–Kier alpha value is -4.45. The topological polar surface area (TPSA) is 82.7 Å². The minimum atomic E-state index is -0.150. The summed E-state index contributed by atoms with van der Waals surface area (Å²) in [4.78, 5) is 25.9. The van der Waals surface area contributed by atoms with Gasteiger partial charge in [0, 0.05) is 22.3 Å². The Balaban J connectivity index is 1.48. The first-order valence-corrected chi connectivity index (χ1v) is 11.3. The van der Waals surface area contributed by atoms with E-state index in [1.165, 1.54) is 0 Å². The van der Waals surface area contributed by atoms with Crippen LogP contribution in [0.2, 0.25) is 0 Å². The Labute approximate surface area is 198 Å². The van der Waals surface area contributed by atoms with Crippen LogP contribution in [0.1, 0.15) is 28.5 Å². The number of anilines is 3. The summed E-state index contributed by atoms with van der Waals surface area (Å²) in [6.07, 6.45) is 0.693. The van der Waals surface area contributed by atoms with Gasteiger partial charge in [-0.1, -0.05) is 67.1 Å².